The minimum atomic E-state index is -1.06. The average molecular weight is 226 g/mol. The first kappa shape index (κ1) is 11.1. The Labute approximate surface area is 93.0 Å². The van der Waals surface area contributed by atoms with Gasteiger partial charge in [0.15, 0.2) is 0 Å². The van der Waals surface area contributed by atoms with Gasteiger partial charge in [-0.3, -0.25) is 4.57 Å². The van der Waals surface area contributed by atoms with E-state index in [1.165, 1.54) is 7.11 Å². The van der Waals surface area contributed by atoms with Crippen molar-refractivity contribution in [2.45, 2.75) is 18.6 Å². The highest BCUT2D eigenvalue weighted by atomic mass is 19.1. The molecule has 1 unspecified atom stereocenters. The van der Waals surface area contributed by atoms with Gasteiger partial charge in [-0.05, 0) is 6.42 Å². The van der Waals surface area contributed by atoms with Crippen LogP contribution in [0.25, 0.3) is 13.2 Å². The molecular formula is C11H15FN2O2. The van der Waals surface area contributed by atoms with Crippen molar-refractivity contribution in [2.24, 2.45) is 0 Å². The zero-order valence-electron chi connectivity index (χ0n) is 9.28. The third-order valence-electron chi connectivity index (χ3n) is 2.83. The van der Waals surface area contributed by atoms with Gasteiger partial charge in [-0.2, -0.15) is 4.98 Å². The maximum absolute atomic E-state index is 13.8. The van der Waals surface area contributed by atoms with Crippen LogP contribution < -0.4 is 15.4 Å². The summed E-state index contributed by atoms with van der Waals surface area (Å²) in [7, 11) is 1.50. The number of ether oxygens (including phenoxy) is 2. The molecule has 1 aliphatic rings. The molecule has 16 heavy (non-hydrogen) atoms. The van der Waals surface area contributed by atoms with Gasteiger partial charge in [-0.15, -0.1) is 0 Å². The van der Waals surface area contributed by atoms with Crippen LogP contribution in [-0.4, -0.2) is 36.0 Å². The van der Waals surface area contributed by atoms with Crippen LogP contribution in [0.2, 0.25) is 0 Å². The minimum Gasteiger partial charge on any atom is -0.468 e. The molecule has 1 aromatic heterocycles. The smallest absolute Gasteiger partial charge is 0.297 e. The summed E-state index contributed by atoms with van der Waals surface area (Å²) in [5.74, 6) is 0. The zero-order chi connectivity index (χ0) is 11.7. The van der Waals surface area contributed by atoms with Crippen LogP contribution in [0.4, 0.5) is 4.39 Å². The zero-order valence-corrected chi connectivity index (χ0v) is 9.28. The molecule has 2 heterocycles. The number of methoxy groups -OCH3 is 1. The molecule has 0 radical (unpaired) electrons. The van der Waals surface area contributed by atoms with Crippen molar-refractivity contribution in [2.75, 3.05) is 20.3 Å². The molecule has 0 amide bonds. The molecule has 0 bridgehead atoms. The highest BCUT2D eigenvalue weighted by Gasteiger charge is 2.29. The SMILES string of the molecule is C=c1nc(OC)n([C@@H]2CCOCC2F)c1=C. The number of aromatic nitrogens is 2. The molecule has 4 nitrogen and oxygen atoms in total. The first-order valence-electron chi connectivity index (χ1n) is 5.17. The quantitative estimate of drug-likeness (QED) is 0.713. The number of rotatable bonds is 2. The van der Waals surface area contributed by atoms with E-state index in [2.05, 4.69) is 18.1 Å². The summed E-state index contributed by atoms with van der Waals surface area (Å²) in [5, 5.41) is 1.13. The fraction of sp³-hybridized carbons (Fsp3) is 0.545. The lowest BCUT2D eigenvalue weighted by molar-refractivity contribution is 0.000650. The van der Waals surface area contributed by atoms with Crippen LogP contribution in [0.15, 0.2) is 0 Å². The van der Waals surface area contributed by atoms with E-state index in [0.29, 0.717) is 29.7 Å². The highest BCUT2D eigenvalue weighted by molar-refractivity contribution is 5.13. The third kappa shape index (κ3) is 1.71. The molecule has 2 rings (SSSR count). The van der Waals surface area contributed by atoms with Crippen molar-refractivity contribution in [1.82, 2.24) is 9.55 Å². The Morgan fingerprint density at radius 1 is 1.56 bits per heavy atom. The Kier molecular flexibility index (Phi) is 2.96. The van der Waals surface area contributed by atoms with E-state index in [1.807, 2.05) is 0 Å². The minimum absolute atomic E-state index is 0.109. The van der Waals surface area contributed by atoms with Crippen LogP contribution >= 0.6 is 0 Å². The first-order chi connectivity index (χ1) is 7.65. The Morgan fingerprint density at radius 3 is 2.94 bits per heavy atom. The van der Waals surface area contributed by atoms with Gasteiger partial charge in [0.05, 0.1) is 30.5 Å². The summed E-state index contributed by atoms with van der Waals surface area (Å²) in [5.41, 5.74) is 0. The summed E-state index contributed by atoms with van der Waals surface area (Å²) >= 11 is 0. The van der Waals surface area contributed by atoms with Gasteiger partial charge in [0.25, 0.3) is 6.01 Å². The monoisotopic (exact) mass is 226 g/mol. The highest BCUT2D eigenvalue weighted by Crippen LogP contribution is 2.25. The Balaban J connectivity index is 2.45. The van der Waals surface area contributed by atoms with Gasteiger partial charge in [0.2, 0.25) is 0 Å². The summed E-state index contributed by atoms with van der Waals surface area (Å²) in [4.78, 5) is 4.10. The number of nitrogens with zero attached hydrogens (tertiary/aromatic N) is 2. The van der Waals surface area contributed by atoms with E-state index < -0.39 is 6.17 Å². The van der Waals surface area contributed by atoms with E-state index in [4.69, 9.17) is 9.47 Å². The molecule has 0 N–H and O–H groups in total. The summed E-state index contributed by atoms with van der Waals surface area (Å²) in [6.07, 6.45) is -0.465. The van der Waals surface area contributed by atoms with Crippen molar-refractivity contribution in [3.8, 4) is 6.01 Å². The number of hydrogen-bond acceptors (Lipinski definition) is 3. The maximum atomic E-state index is 13.8. The van der Waals surface area contributed by atoms with Gasteiger partial charge >= 0.3 is 0 Å². The summed E-state index contributed by atoms with van der Waals surface area (Å²) < 4.78 is 25.6. The molecule has 1 saturated heterocycles. The van der Waals surface area contributed by atoms with Gasteiger partial charge in [-0.25, -0.2) is 4.39 Å². The Bertz CT molecular complexity index is 471. The largest absolute Gasteiger partial charge is 0.468 e. The lowest BCUT2D eigenvalue weighted by atomic mass is 10.1. The van der Waals surface area contributed by atoms with Crippen LogP contribution in [-0.2, 0) is 4.74 Å². The van der Waals surface area contributed by atoms with Crippen molar-refractivity contribution >= 4 is 13.2 Å². The summed E-state index contributed by atoms with van der Waals surface area (Å²) in [6.45, 7) is 8.24. The Morgan fingerprint density at radius 2 is 2.31 bits per heavy atom. The normalized spacial score (nSPS) is 25.6. The van der Waals surface area contributed by atoms with Gasteiger partial charge in [-0.1, -0.05) is 13.2 Å². The van der Waals surface area contributed by atoms with Crippen LogP contribution in [0.3, 0.4) is 0 Å². The molecule has 1 aromatic rings. The van der Waals surface area contributed by atoms with Crippen LogP contribution in [0.5, 0.6) is 6.01 Å². The van der Waals surface area contributed by atoms with Crippen molar-refractivity contribution in [3.63, 3.8) is 0 Å². The Hall–Kier alpha value is -1.36. The van der Waals surface area contributed by atoms with Crippen LogP contribution in [0.1, 0.15) is 12.5 Å². The van der Waals surface area contributed by atoms with Gasteiger partial charge in [0.1, 0.15) is 6.17 Å². The maximum Gasteiger partial charge on any atom is 0.297 e. The van der Waals surface area contributed by atoms with Crippen molar-refractivity contribution < 1.29 is 13.9 Å². The molecule has 5 heteroatoms. The molecule has 2 atom stereocenters. The second-order valence-corrected chi connectivity index (χ2v) is 3.81. The average Bonchev–Trinajstić information content (AvgIpc) is 2.56. The molecule has 1 fully saturated rings. The second-order valence-electron chi connectivity index (χ2n) is 3.81. The lowest BCUT2D eigenvalue weighted by Crippen LogP contribution is -2.38. The van der Waals surface area contributed by atoms with E-state index in [0.717, 1.165) is 0 Å². The fourth-order valence-corrected chi connectivity index (χ4v) is 1.96. The fourth-order valence-electron chi connectivity index (χ4n) is 1.96. The first-order valence-corrected chi connectivity index (χ1v) is 5.17. The molecule has 0 aliphatic carbocycles. The summed E-state index contributed by atoms with van der Waals surface area (Å²) in [6, 6.07) is 0.0451. The van der Waals surface area contributed by atoms with E-state index >= 15 is 0 Å². The third-order valence-corrected chi connectivity index (χ3v) is 2.83. The molecule has 0 aromatic carbocycles. The van der Waals surface area contributed by atoms with Gasteiger partial charge < -0.3 is 9.47 Å². The standard InChI is InChI=1S/C11H15FN2O2/c1-7-8(2)14(11(13-7)15-3)10-4-5-16-6-9(10)12/h9-10H,1-2,4-6H2,3H3/t9?,10-/m1/s1. The van der Waals surface area contributed by atoms with E-state index in [-0.39, 0.29) is 12.6 Å². The van der Waals surface area contributed by atoms with E-state index in [1.54, 1.807) is 4.57 Å². The van der Waals surface area contributed by atoms with Crippen molar-refractivity contribution in [3.05, 3.63) is 10.7 Å². The van der Waals surface area contributed by atoms with Crippen LogP contribution in [0, 0.1) is 0 Å². The lowest BCUT2D eigenvalue weighted by Gasteiger charge is -2.27. The second kappa shape index (κ2) is 4.25. The molecule has 1 aliphatic heterocycles. The topological polar surface area (TPSA) is 36.3 Å². The predicted molar refractivity (Wildman–Crippen MR) is 58.4 cm³/mol. The predicted octanol–water partition coefficient (Wildman–Crippen LogP) is 0.0118. The number of imidazole rings is 1. The molecular weight excluding hydrogens is 211 g/mol. The van der Waals surface area contributed by atoms with E-state index in [9.17, 15) is 4.39 Å². The molecule has 0 spiro atoms. The molecule has 88 valence electrons. The number of hydrogen-bond donors (Lipinski definition) is 0. The van der Waals surface area contributed by atoms with Gasteiger partial charge in [0, 0.05) is 6.61 Å². The molecule has 0 saturated carbocycles. The van der Waals surface area contributed by atoms with Crippen molar-refractivity contribution in [1.29, 1.82) is 0 Å². The number of halogens is 1. The number of alkyl halides is 1.